The number of pyridine rings is 1. The van der Waals surface area contributed by atoms with E-state index >= 15 is 0 Å². The van der Waals surface area contributed by atoms with Crippen LogP contribution in [0.2, 0.25) is 0 Å². The molecule has 1 saturated heterocycles. The van der Waals surface area contributed by atoms with E-state index in [2.05, 4.69) is 20.9 Å². The molecule has 1 amide bonds. The Kier molecular flexibility index (Phi) is 3.05. The van der Waals surface area contributed by atoms with Gasteiger partial charge in [-0.15, -0.1) is 0 Å². The molecule has 0 spiro atoms. The van der Waals surface area contributed by atoms with E-state index in [0.717, 1.165) is 23.3 Å². The lowest BCUT2D eigenvalue weighted by molar-refractivity contribution is -0.117. The van der Waals surface area contributed by atoms with Crippen molar-refractivity contribution in [2.45, 2.75) is 13.3 Å². The Morgan fingerprint density at radius 1 is 1.67 bits per heavy atom. The smallest absolute Gasteiger partial charge is 0.228 e. The molecule has 3 nitrogen and oxygen atoms in total. The SMILES string of the molecule is Cc1ccnc(N2CC(CBr)CC2=O)c1. The maximum Gasteiger partial charge on any atom is 0.228 e. The van der Waals surface area contributed by atoms with Crippen molar-refractivity contribution in [2.24, 2.45) is 5.92 Å². The van der Waals surface area contributed by atoms with E-state index in [4.69, 9.17) is 0 Å². The molecule has 1 unspecified atom stereocenters. The topological polar surface area (TPSA) is 33.2 Å². The zero-order valence-corrected chi connectivity index (χ0v) is 10.2. The van der Waals surface area contributed by atoms with Gasteiger partial charge in [-0.25, -0.2) is 4.98 Å². The third-order valence-corrected chi connectivity index (χ3v) is 3.52. The van der Waals surface area contributed by atoms with Gasteiger partial charge in [-0.1, -0.05) is 15.9 Å². The average Bonchev–Trinajstić information content (AvgIpc) is 2.60. The summed E-state index contributed by atoms with van der Waals surface area (Å²) < 4.78 is 0. The zero-order valence-electron chi connectivity index (χ0n) is 8.61. The van der Waals surface area contributed by atoms with Gasteiger partial charge >= 0.3 is 0 Å². The number of aromatic nitrogens is 1. The predicted octanol–water partition coefficient (Wildman–Crippen LogP) is 2.14. The number of alkyl halides is 1. The van der Waals surface area contributed by atoms with Crippen LogP contribution in [0.4, 0.5) is 5.82 Å². The van der Waals surface area contributed by atoms with Gasteiger partial charge in [0.05, 0.1) is 0 Å². The van der Waals surface area contributed by atoms with Crippen LogP contribution in [0.1, 0.15) is 12.0 Å². The van der Waals surface area contributed by atoms with Crippen LogP contribution in [0.15, 0.2) is 18.3 Å². The first-order valence-corrected chi connectivity index (χ1v) is 6.12. The summed E-state index contributed by atoms with van der Waals surface area (Å²) in [4.78, 5) is 17.7. The fourth-order valence-corrected chi connectivity index (χ4v) is 2.21. The van der Waals surface area contributed by atoms with E-state index in [1.54, 1.807) is 11.1 Å². The van der Waals surface area contributed by atoms with Crippen molar-refractivity contribution in [3.63, 3.8) is 0 Å². The Bertz CT molecular complexity index is 381. The number of carbonyl (C=O) groups is 1. The molecule has 1 aliphatic rings. The number of nitrogens with zero attached hydrogens (tertiary/aromatic N) is 2. The maximum absolute atomic E-state index is 11.7. The monoisotopic (exact) mass is 268 g/mol. The van der Waals surface area contributed by atoms with Crippen LogP contribution in [0, 0.1) is 12.8 Å². The second kappa shape index (κ2) is 4.31. The molecule has 0 saturated carbocycles. The minimum Gasteiger partial charge on any atom is -0.296 e. The molecule has 1 aromatic heterocycles. The summed E-state index contributed by atoms with van der Waals surface area (Å²) in [5.74, 6) is 1.38. The molecule has 2 rings (SSSR count). The third kappa shape index (κ3) is 2.20. The quantitative estimate of drug-likeness (QED) is 0.771. The van der Waals surface area contributed by atoms with Gasteiger partial charge in [0.25, 0.3) is 0 Å². The fraction of sp³-hybridized carbons (Fsp3) is 0.455. The predicted molar refractivity (Wildman–Crippen MR) is 63.2 cm³/mol. The highest BCUT2D eigenvalue weighted by molar-refractivity contribution is 9.09. The van der Waals surface area contributed by atoms with Gasteiger partial charge in [0, 0.05) is 24.5 Å². The number of carbonyl (C=O) groups excluding carboxylic acids is 1. The molecular weight excluding hydrogens is 256 g/mol. The molecule has 0 aliphatic carbocycles. The van der Waals surface area contributed by atoms with E-state index in [9.17, 15) is 4.79 Å². The van der Waals surface area contributed by atoms with Gasteiger partial charge in [-0.05, 0) is 30.5 Å². The number of halogens is 1. The molecule has 4 heteroatoms. The molecular formula is C11H13BrN2O. The first kappa shape index (κ1) is 10.6. The van der Waals surface area contributed by atoms with Crippen LogP contribution in [0.5, 0.6) is 0 Å². The lowest BCUT2D eigenvalue weighted by Gasteiger charge is -2.15. The molecule has 1 atom stereocenters. The number of hydrogen-bond donors (Lipinski definition) is 0. The highest BCUT2D eigenvalue weighted by Gasteiger charge is 2.30. The van der Waals surface area contributed by atoms with E-state index in [-0.39, 0.29) is 5.91 Å². The second-order valence-corrected chi connectivity index (χ2v) is 4.57. The minimum atomic E-state index is 0.178. The maximum atomic E-state index is 11.7. The largest absolute Gasteiger partial charge is 0.296 e. The third-order valence-electron chi connectivity index (χ3n) is 2.60. The number of aryl methyl sites for hydroxylation is 1. The number of hydrogen-bond acceptors (Lipinski definition) is 2. The van der Waals surface area contributed by atoms with E-state index in [0.29, 0.717) is 12.3 Å². The van der Waals surface area contributed by atoms with Crippen molar-refractivity contribution in [1.82, 2.24) is 4.98 Å². The first-order chi connectivity index (χ1) is 7.20. The number of anilines is 1. The summed E-state index contributed by atoms with van der Waals surface area (Å²) in [6.07, 6.45) is 2.38. The summed E-state index contributed by atoms with van der Waals surface area (Å²) in [5, 5.41) is 0.876. The Hall–Kier alpha value is -0.900. The van der Waals surface area contributed by atoms with Crippen molar-refractivity contribution < 1.29 is 4.79 Å². The molecule has 0 radical (unpaired) electrons. The average molecular weight is 269 g/mol. The van der Waals surface area contributed by atoms with E-state index < -0.39 is 0 Å². The molecule has 1 aliphatic heterocycles. The summed E-state index contributed by atoms with van der Waals surface area (Å²) in [7, 11) is 0. The Morgan fingerprint density at radius 3 is 3.07 bits per heavy atom. The molecule has 1 aromatic rings. The van der Waals surface area contributed by atoms with Gasteiger partial charge in [0.15, 0.2) is 0 Å². The van der Waals surface area contributed by atoms with Crippen molar-refractivity contribution in [3.05, 3.63) is 23.9 Å². The summed E-state index contributed by atoms with van der Waals surface area (Å²) >= 11 is 3.42. The van der Waals surface area contributed by atoms with Crippen LogP contribution >= 0.6 is 15.9 Å². The fourth-order valence-electron chi connectivity index (χ4n) is 1.77. The number of amides is 1. The van der Waals surface area contributed by atoms with Gasteiger partial charge in [0.1, 0.15) is 5.82 Å². The van der Waals surface area contributed by atoms with Crippen LogP contribution in [0.25, 0.3) is 0 Å². The Morgan fingerprint density at radius 2 is 2.47 bits per heavy atom. The molecule has 0 N–H and O–H groups in total. The zero-order chi connectivity index (χ0) is 10.8. The summed E-state index contributed by atoms with van der Waals surface area (Å²) in [5.41, 5.74) is 1.13. The molecule has 1 fully saturated rings. The van der Waals surface area contributed by atoms with Crippen molar-refractivity contribution in [2.75, 3.05) is 16.8 Å². The molecule has 0 bridgehead atoms. The van der Waals surface area contributed by atoms with E-state index in [1.807, 2.05) is 19.1 Å². The van der Waals surface area contributed by atoms with Gasteiger partial charge < -0.3 is 0 Å². The van der Waals surface area contributed by atoms with Crippen LogP contribution in [0.3, 0.4) is 0 Å². The van der Waals surface area contributed by atoms with Crippen molar-refractivity contribution >= 4 is 27.7 Å². The lowest BCUT2D eigenvalue weighted by Crippen LogP contribution is -2.25. The van der Waals surface area contributed by atoms with Gasteiger partial charge in [-0.2, -0.15) is 0 Å². The van der Waals surface area contributed by atoms with E-state index in [1.165, 1.54) is 0 Å². The highest BCUT2D eigenvalue weighted by atomic mass is 79.9. The Labute approximate surface area is 97.6 Å². The van der Waals surface area contributed by atoms with Crippen LogP contribution in [-0.2, 0) is 4.79 Å². The van der Waals surface area contributed by atoms with Gasteiger partial charge in [0.2, 0.25) is 5.91 Å². The highest BCUT2D eigenvalue weighted by Crippen LogP contribution is 2.24. The minimum absolute atomic E-state index is 0.178. The first-order valence-electron chi connectivity index (χ1n) is 4.99. The normalized spacial score (nSPS) is 21.1. The van der Waals surface area contributed by atoms with Crippen LogP contribution < -0.4 is 4.90 Å². The van der Waals surface area contributed by atoms with Crippen molar-refractivity contribution in [1.29, 1.82) is 0 Å². The molecule has 0 aromatic carbocycles. The van der Waals surface area contributed by atoms with Gasteiger partial charge in [-0.3, -0.25) is 9.69 Å². The van der Waals surface area contributed by atoms with Crippen molar-refractivity contribution in [3.8, 4) is 0 Å². The summed E-state index contributed by atoms with van der Waals surface area (Å²) in [6, 6.07) is 3.89. The molecule has 15 heavy (non-hydrogen) atoms. The Balaban J connectivity index is 2.21. The second-order valence-electron chi connectivity index (χ2n) is 3.92. The summed E-state index contributed by atoms with van der Waals surface area (Å²) in [6.45, 7) is 2.79. The lowest BCUT2D eigenvalue weighted by atomic mass is 10.2. The number of rotatable bonds is 2. The standard InChI is InChI=1S/C11H13BrN2O/c1-8-2-3-13-10(4-8)14-7-9(6-12)5-11(14)15/h2-4,9H,5-7H2,1H3. The van der Waals surface area contributed by atoms with Crippen LogP contribution in [-0.4, -0.2) is 22.8 Å². The molecule has 2 heterocycles. The molecule has 80 valence electrons.